The monoisotopic (exact) mass is 263 g/mol. The molecule has 1 fully saturated rings. The number of hydrogen-bond donors (Lipinski definition) is 1. The van der Waals surface area contributed by atoms with Crippen molar-refractivity contribution in [3.8, 4) is 0 Å². The van der Waals surface area contributed by atoms with E-state index in [-0.39, 0.29) is 0 Å². The van der Waals surface area contributed by atoms with E-state index in [1.54, 1.807) is 0 Å². The van der Waals surface area contributed by atoms with Crippen LogP contribution in [0.1, 0.15) is 64.4 Å². The highest BCUT2D eigenvalue weighted by molar-refractivity contribution is 5.05. The average molecular weight is 263 g/mol. The van der Waals surface area contributed by atoms with E-state index in [0.29, 0.717) is 11.5 Å². The molecule has 0 spiro atoms. The van der Waals surface area contributed by atoms with Crippen molar-refractivity contribution in [3.63, 3.8) is 0 Å². The number of hydrogen-bond acceptors (Lipinski definition) is 2. The number of aryl methyl sites for hydroxylation is 1. The maximum absolute atomic E-state index is 5.62. The fourth-order valence-corrected chi connectivity index (χ4v) is 3.20. The predicted molar refractivity (Wildman–Crippen MR) is 80.1 cm³/mol. The molecule has 0 aromatic carbocycles. The molecule has 19 heavy (non-hydrogen) atoms. The van der Waals surface area contributed by atoms with Gasteiger partial charge in [-0.3, -0.25) is 0 Å². The SMILES string of the molecule is Cc1ccc(CNC2CCCC(C(C)(C)C)CC2)o1. The minimum Gasteiger partial charge on any atom is -0.465 e. The molecule has 1 N–H and O–H groups in total. The van der Waals surface area contributed by atoms with Gasteiger partial charge in [-0.2, -0.15) is 0 Å². The van der Waals surface area contributed by atoms with Crippen LogP contribution in [-0.4, -0.2) is 6.04 Å². The summed E-state index contributed by atoms with van der Waals surface area (Å²) in [5.74, 6) is 2.95. The Hall–Kier alpha value is -0.760. The van der Waals surface area contributed by atoms with Gasteiger partial charge in [0.2, 0.25) is 0 Å². The van der Waals surface area contributed by atoms with Crippen LogP contribution >= 0.6 is 0 Å². The summed E-state index contributed by atoms with van der Waals surface area (Å²) < 4.78 is 5.62. The second-order valence-corrected chi connectivity index (χ2v) is 7.16. The van der Waals surface area contributed by atoms with Crippen LogP contribution in [0.15, 0.2) is 16.5 Å². The van der Waals surface area contributed by atoms with Gasteiger partial charge in [-0.1, -0.05) is 27.2 Å². The summed E-state index contributed by atoms with van der Waals surface area (Å²) in [5, 5.41) is 3.67. The van der Waals surface area contributed by atoms with E-state index in [1.807, 2.05) is 13.0 Å². The molecule has 2 heteroatoms. The van der Waals surface area contributed by atoms with Crippen LogP contribution in [0.5, 0.6) is 0 Å². The molecule has 2 nitrogen and oxygen atoms in total. The van der Waals surface area contributed by atoms with Crippen molar-refractivity contribution in [1.29, 1.82) is 0 Å². The van der Waals surface area contributed by atoms with Crippen molar-refractivity contribution < 1.29 is 4.42 Å². The third kappa shape index (κ3) is 4.38. The van der Waals surface area contributed by atoms with Crippen molar-refractivity contribution in [3.05, 3.63) is 23.7 Å². The number of nitrogens with one attached hydrogen (secondary N) is 1. The van der Waals surface area contributed by atoms with Gasteiger partial charge in [0.15, 0.2) is 0 Å². The summed E-state index contributed by atoms with van der Waals surface area (Å²) in [7, 11) is 0. The van der Waals surface area contributed by atoms with E-state index in [4.69, 9.17) is 4.42 Å². The molecule has 0 radical (unpaired) electrons. The largest absolute Gasteiger partial charge is 0.465 e. The molecule has 1 heterocycles. The minimum atomic E-state index is 0.465. The van der Waals surface area contributed by atoms with Crippen molar-refractivity contribution >= 4 is 0 Å². The second kappa shape index (κ2) is 6.13. The van der Waals surface area contributed by atoms with Crippen LogP contribution in [0.3, 0.4) is 0 Å². The Morgan fingerprint density at radius 3 is 2.58 bits per heavy atom. The van der Waals surface area contributed by atoms with E-state index in [0.717, 1.165) is 24.0 Å². The molecule has 0 amide bonds. The van der Waals surface area contributed by atoms with Crippen LogP contribution in [-0.2, 0) is 6.54 Å². The molecule has 0 saturated heterocycles. The van der Waals surface area contributed by atoms with Crippen molar-refractivity contribution in [2.75, 3.05) is 0 Å². The Labute approximate surface area is 118 Å². The first-order chi connectivity index (χ1) is 8.95. The molecule has 0 aliphatic heterocycles. The average Bonchev–Trinajstić information content (AvgIpc) is 2.61. The lowest BCUT2D eigenvalue weighted by molar-refractivity contribution is 0.213. The highest BCUT2D eigenvalue weighted by atomic mass is 16.3. The molecule has 108 valence electrons. The zero-order valence-corrected chi connectivity index (χ0v) is 13.0. The molecule has 1 saturated carbocycles. The number of furan rings is 1. The van der Waals surface area contributed by atoms with Gasteiger partial charge in [0.1, 0.15) is 11.5 Å². The summed E-state index contributed by atoms with van der Waals surface area (Å²) in [6.45, 7) is 10.0. The Bertz CT molecular complexity index is 388. The van der Waals surface area contributed by atoms with Crippen molar-refractivity contribution in [2.24, 2.45) is 11.3 Å². The summed E-state index contributed by atoms with van der Waals surface area (Å²) in [6, 6.07) is 4.79. The van der Waals surface area contributed by atoms with Crippen LogP contribution in [0.2, 0.25) is 0 Å². The molecule has 2 unspecified atom stereocenters. The van der Waals surface area contributed by atoms with E-state index in [2.05, 4.69) is 32.2 Å². The first kappa shape index (κ1) is 14.6. The molecule has 1 aliphatic carbocycles. The second-order valence-electron chi connectivity index (χ2n) is 7.16. The molecular weight excluding hydrogens is 234 g/mol. The van der Waals surface area contributed by atoms with Gasteiger partial charge >= 0.3 is 0 Å². The highest BCUT2D eigenvalue weighted by Gasteiger charge is 2.27. The summed E-state index contributed by atoms with van der Waals surface area (Å²) >= 11 is 0. The lowest BCUT2D eigenvalue weighted by Crippen LogP contribution is -2.28. The first-order valence-corrected chi connectivity index (χ1v) is 7.74. The third-order valence-corrected chi connectivity index (χ3v) is 4.55. The maximum atomic E-state index is 5.62. The summed E-state index contributed by atoms with van der Waals surface area (Å²) in [5.41, 5.74) is 0.465. The Balaban J connectivity index is 1.80. The van der Waals surface area contributed by atoms with Crippen molar-refractivity contribution in [2.45, 2.75) is 72.4 Å². The highest BCUT2D eigenvalue weighted by Crippen LogP contribution is 2.36. The molecule has 2 rings (SSSR count). The summed E-state index contributed by atoms with van der Waals surface area (Å²) in [6.07, 6.45) is 6.73. The van der Waals surface area contributed by atoms with Crippen LogP contribution < -0.4 is 5.32 Å². The minimum absolute atomic E-state index is 0.465. The fraction of sp³-hybridized carbons (Fsp3) is 0.765. The topological polar surface area (TPSA) is 25.2 Å². The quantitative estimate of drug-likeness (QED) is 0.801. The van der Waals surface area contributed by atoms with Crippen LogP contribution in [0.25, 0.3) is 0 Å². The van der Waals surface area contributed by atoms with E-state index in [9.17, 15) is 0 Å². The summed E-state index contributed by atoms with van der Waals surface area (Å²) in [4.78, 5) is 0. The van der Waals surface area contributed by atoms with Gasteiger partial charge in [0.25, 0.3) is 0 Å². The lowest BCUT2D eigenvalue weighted by Gasteiger charge is -2.29. The fourth-order valence-electron chi connectivity index (χ4n) is 3.20. The predicted octanol–water partition coefficient (Wildman–Crippen LogP) is 4.67. The van der Waals surface area contributed by atoms with E-state index >= 15 is 0 Å². The first-order valence-electron chi connectivity index (χ1n) is 7.74. The maximum Gasteiger partial charge on any atom is 0.117 e. The zero-order chi connectivity index (χ0) is 13.9. The molecule has 1 aromatic heterocycles. The lowest BCUT2D eigenvalue weighted by atomic mass is 9.76. The molecule has 0 bridgehead atoms. The van der Waals surface area contributed by atoms with Gasteiger partial charge < -0.3 is 9.73 Å². The molecule has 1 aliphatic rings. The van der Waals surface area contributed by atoms with Crippen molar-refractivity contribution in [1.82, 2.24) is 5.32 Å². The van der Waals surface area contributed by atoms with Gasteiger partial charge in [-0.15, -0.1) is 0 Å². The normalized spacial score (nSPS) is 25.3. The third-order valence-electron chi connectivity index (χ3n) is 4.55. The molecular formula is C17H29NO. The smallest absolute Gasteiger partial charge is 0.117 e. The van der Waals surface area contributed by atoms with E-state index < -0.39 is 0 Å². The Kier molecular flexibility index (Phi) is 4.72. The Morgan fingerprint density at radius 1 is 1.16 bits per heavy atom. The van der Waals surface area contributed by atoms with Gasteiger partial charge in [0, 0.05) is 6.04 Å². The van der Waals surface area contributed by atoms with Gasteiger partial charge in [0.05, 0.1) is 6.54 Å². The van der Waals surface area contributed by atoms with Crippen LogP contribution in [0.4, 0.5) is 0 Å². The van der Waals surface area contributed by atoms with E-state index in [1.165, 1.54) is 32.1 Å². The zero-order valence-electron chi connectivity index (χ0n) is 13.0. The van der Waals surface area contributed by atoms with Gasteiger partial charge in [-0.05, 0) is 56.1 Å². The molecule has 1 aromatic rings. The molecule has 2 atom stereocenters. The number of rotatable bonds is 3. The van der Waals surface area contributed by atoms with Gasteiger partial charge in [-0.25, -0.2) is 0 Å². The van der Waals surface area contributed by atoms with Crippen LogP contribution in [0, 0.1) is 18.3 Å². The Morgan fingerprint density at radius 2 is 1.95 bits per heavy atom. The standard InChI is InChI=1S/C17H29NO/c1-13-8-11-16(19-13)12-18-15-7-5-6-14(9-10-15)17(2,3)4/h8,11,14-15,18H,5-7,9-10,12H2,1-4H3.